The van der Waals surface area contributed by atoms with Crippen LogP contribution in [0.1, 0.15) is 65.2 Å². The Morgan fingerprint density at radius 3 is 2.59 bits per heavy atom. The van der Waals surface area contributed by atoms with Crippen LogP contribution in [0.15, 0.2) is 0 Å². The molecule has 2 nitrogen and oxygen atoms in total. The minimum atomic E-state index is 0.741. The van der Waals surface area contributed by atoms with E-state index >= 15 is 0 Å². The first-order chi connectivity index (χ1) is 8.26. The molecule has 1 aliphatic rings. The standard InChI is InChI=1S/C15H29N2/c1-3-5-6-7-8-11-17(14-16)12-9-10-15(4-2)13-17/h15H,3-13H2,1-2H3/q+1. The Morgan fingerprint density at radius 2 is 1.94 bits per heavy atom. The van der Waals surface area contributed by atoms with Gasteiger partial charge in [-0.15, -0.1) is 5.26 Å². The predicted octanol–water partition coefficient (Wildman–Crippen LogP) is 4.07. The van der Waals surface area contributed by atoms with Gasteiger partial charge in [-0.05, 0) is 32.1 Å². The van der Waals surface area contributed by atoms with Crippen LogP contribution < -0.4 is 0 Å². The fourth-order valence-corrected chi connectivity index (χ4v) is 3.05. The number of likely N-dealkylation sites (tertiary alicyclic amines) is 1. The van der Waals surface area contributed by atoms with Gasteiger partial charge >= 0.3 is 6.19 Å². The topological polar surface area (TPSA) is 23.8 Å². The molecule has 1 heterocycles. The Hall–Kier alpha value is -0.550. The van der Waals surface area contributed by atoms with E-state index in [4.69, 9.17) is 0 Å². The fourth-order valence-electron chi connectivity index (χ4n) is 3.05. The lowest BCUT2D eigenvalue weighted by Crippen LogP contribution is -2.50. The molecule has 17 heavy (non-hydrogen) atoms. The van der Waals surface area contributed by atoms with Crippen molar-refractivity contribution in [3.05, 3.63) is 0 Å². The van der Waals surface area contributed by atoms with E-state index in [0.717, 1.165) is 30.0 Å². The number of nitrogens with zero attached hydrogens (tertiary/aromatic N) is 2. The zero-order valence-corrected chi connectivity index (χ0v) is 11.7. The summed E-state index contributed by atoms with van der Waals surface area (Å²) >= 11 is 0. The third-order valence-corrected chi connectivity index (χ3v) is 4.29. The summed E-state index contributed by atoms with van der Waals surface area (Å²) in [4.78, 5) is 0. The Labute approximate surface area is 107 Å². The molecular weight excluding hydrogens is 208 g/mol. The summed E-state index contributed by atoms with van der Waals surface area (Å²) in [5, 5.41) is 9.48. The van der Waals surface area contributed by atoms with Gasteiger partial charge in [0.15, 0.2) is 0 Å². The summed E-state index contributed by atoms with van der Waals surface area (Å²) in [5.74, 6) is 0.791. The van der Waals surface area contributed by atoms with E-state index in [0.29, 0.717) is 0 Å². The number of nitriles is 1. The van der Waals surface area contributed by atoms with Crippen molar-refractivity contribution in [1.29, 1.82) is 5.26 Å². The van der Waals surface area contributed by atoms with Crippen molar-refractivity contribution in [3.8, 4) is 6.19 Å². The van der Waals surface area contributed by atoms with Crippen LogP contribution in [0.3, 0.4) is 0 Å². The summed E-state index contributed by atoms with van der Waals surface area (Å²) in [6.45, 7) is 7.82. The second-order valence-corrected chi connectivity index (χ2v) is 5.71. The van der Waals surface area contributed by atoms with E-state index in [9.17, 15) is 5.26 Å². The lowest BCUT2D eigenvalue weighted by Gasteiger charge is -2.37. The van der Waals surface area contributed by atoms with Gasteiger partial charge in [0, 0.05) is 5.92 Å². The Kier molecular flexibility index (Phi) is 6.58. The van der Waals surface area contributed by atoms with Crippen molar-refractivity contribution in [1.82, 2.24) is 0 Å². The maximum Gasteiger partial charge on any atom is 0.308 e. The van der Waals surface area contributed by atoms with Gasteiger partial charge in [-0.1, -0.05) is 33.1 Å². The molecule has 2 unspecified atom stereocenters. The predicted molar refractivity (Wildman–Crippen MR) is 72.2 cm³/mol. The number of hydrogen-bond donors (Lipinski definition) is 0. The van der Waals surface area contributed by atoms with Crippen LogP contribution in [0.4, 0.5) is 0 Å². The molecule has 0 aromatic rings. The van der Waals surface area contributed by atoms with Gasteiger partial charge < -0.3 is 0 Å². The molecule has 1 aliphatic heterocycles. The molecule has 0 aliphatic carbocycles. The Balaban J connectivity index is 2.33. The lowest BCUT2D eigenvalue weighted by atomic mass is 9.93. The number of piperidine rings is 1. The second-order valence-electron chi connectivity index (χ2n) is 5.71. The average molecular weight is 237 g/mol. The van der Waals surface area contributed by atoms with Gasteiger partial charge in [0.05, 0.1) is 19.6 Å². The number of hydrogen-bond acceptors (Lipinski definition) is 1. The highest BCUT2D eigenvalue weighted by Crippen LogP contribution is 2.25. The van der Waals surface area contributed by atoms with Gasteiger partial charge in [-0.25, -0.2) is 4.48 Å². The maximum absolute atomic E-state index is 9.48. The van der Waals surface area contributed by atoms with Crippen LogP contribution in [-0.4, -0.2) is 24.1 Å². The van der Waals surface area contributed by atoms with Crippen LogP contribution in [0.2, 0.25) is 0 Å². The van der Waals surface area contributed by atoms with Crippen molar-refractivity contribution >= 4 is 0 Å². The summed E-state index contributed by atoms with van der Waals surface area (Å²) in [5.41, 5.74) is 0. The normalized spacial score (nSPS) is 28.9. The van der Waals surface area contributed by atoms with Gasteiger partial charge in [0.25, 0.3) is 0 Å². The summed E-state index contributed by atoms with van der Waals surface area (Å²) in [6.07, 6.45) is 13.0. The van der Waals surface area contributed by atoms with E-state index in [1.54, 1.807) is 0 Å². The van der Waals surface area contributed by atoms with Crippen LogP contribution >= 0.6 is 0 Å². The first kappa shape index (κ1) is 14.5. The van der Waals surface area contributed by atoms with Gasteiger partial charge in [-0.2, -0.15) is 0 Å². The number of unbranched alkanes of at least 4 members (excludes halogenated alkanes) is 4. The highest BCUT2D eigenvalue weighted by molar-refractivity contribution is 4.70. The van der Waals surface area contributed by atoms with Crippen molar-refractivity contribution in [3.63, 3.8) is 0 Å². The Bertz CT molecular complexity index is 244. The van der Waals surface area contributed by atoms with Crippen LogP contribution in [0.5, 0.6) is 0 Å². The third-order valence-electron chi connectivity index (χ3n) is 4.29. The monoisotopic (exact) mass is 237 g/mol. The Morgan fingerprint density at radius 1 is 1.18 bits per heavy atom. The molecule has 0 N–H and O–H groups in total. The van der Waals surface area contributed by atoms with Crippen LogP contribution in [-0.2, 0) is 0 Å². The van der Waals surface area contributed by atoms with E-state index < -0.39 is 0 Å². The minimum absolute atomic E-state index is 0.741. The zero-order chi connectivity index (χ0) is 12.6. The molecule has 1 rings (SSSR count). The smallest absolute Gasteiger partial charge is 0.223 e. The van der Waals surface area contributed by atoms with Crippen molar-refractivity contribution in [2.24, 2.45) is 5.92 Å². The van der Waals surface area contributed by atoms with Crippen molar-refractivity contribution in [2.45, 2.75) is 65.2 Å². The molecule has 0 aromatic carbocycles. The van der Waals surface area contributed by atoms with Gasteiger partial charge in [0.2, 0.25) is 0 Å². The molecule has 98 valence electrons. The van der Waals surface area contributed by atoms with Crippen LogP contribution in [0.25, 0.3) is 0 Å². The maximum atomic E-state index is 9.48. The molecule has 0 spiro atoms. The van der Waals surface area contributed by atoms with E-state index in [1.165, 1.54) is 51.4 Å². The third kappa shape index (κ3) is 4.68. The molecule has 2 heteroatoms. The van der Waals surface area contributed by atoms with Crippen molar-refractivity contribution < 1.29 is 4.48 Å². The summed E-state index contributed by atoms with van der Waals surface area (Å²) in [7, 11) is 0. The van der Waals surface area contributed by atoms with Gasteiger partial charge in [-0.3, -0.25) is 0 Å². The lowest BCUT2D eigenvalue weighted by molar-refractivity contribution is -0.875. The SMILES string of the molecule is CCCCCCC[N+]1(C#N)CCCC(CC)C1. The average Bonchev–Trinajstić information content (AvgIpc) is 2.39. The van der Waals surface area contributed by atoms with E-state index in [-0.39, 0.29) is 0 Å². The number of quaternary nitrogens is 1. The first-order valence-corrected chi connectivity index (χ1v) is 7.53. The van der Waals surface area contributed by atoms with Crippen LogP contribution in [0, 0.1) is 17.4 Å². The molecule has 0 bridgehead atoms. The second kappa shape index (κ2) is 7.71. The minimum Gasteiger partial charge on any atom is -0.223 e. The molecular formula is C15H29N2+. The molecule has 1 saturated heterocycles. The summed E-state index contributed by atoms with van der Waals surface area (Å²) < 4.78 is 0.741. The summed E-state index contributed by atoms with van der Waals surface area (Å²) in [6, 6.07) is 0. The highest BCUT2D eigenvalue weighted by Gasteiger charge is 2.34. The van der Waals surface area contributed by atoms with E-state index in [1.807, 2.05) is 0 Å². The highest BCUT2D eigenvalue weighted by atomic mass is 15.3. The first-order valence-electron chi connectivity index (χ1n) is 7.53. The van der Waals surface area contributed by atoms with E-state index in [2.05, 4.69) is 20.0 Å². The molecule has 0 saturated carbocycles. The van der Waals surface area contributed by atoms with Crippen molar-refractivity contribution in [2.75, 3.05) is 19.6 Å². The molecule has 2 atom stereocenters. The number of rotatable bonds is 7. The quantitative estimate of drug-likeness (QED) is 0.372. The largest absolute Gasteiger partial charge is 0.308 e. The van der Waals surface area contributed by atoms with Gasteiger partial charge in [0.1, 0.15) is 0 Å². The fraction of sp³-hybridized carbons (Fsp3) is 0.933. The molecule has 0 radical (unpaired) electrons. The molecule has 1 fully saturated rings. The molecule has 0 aromatic heterocycles. The molecule has 0 amide bonds. The zero-order valence-electron chi connectivity index (χ0n) is 11.7.